The lowest BCUT2D eigenvalue weighted by Crippen LogP contribution is -2.22. The van der Waals surface area contributed by atoms with Gasteiger partial charge in [-0.25, -0.2) is 8.42 Å². The SMILES string of the molecule is Cc1cc(C)cc(C(N)CS(=O)(=O)c2ccccc2C)c1. The van der Waals surface area contributed by atoms with Crippen molar-refractivity contribution < 1.29 is 8.42 Å². The van der Waals surface area contributed by atoms with Crippen LogP contribution in [0, 0.1) is 20.8 Å². The highest BCUT2D eigenvalue weighted by atomic mass is 32.2. The Bertz CT molecular complexity index is 731. The second kappa shape index (κ2) is 6.00. The van der Waals surface area contributed by atoms with Crippen LogP contribution in [0.1, 0.15) is 28.3 Å². The van der Waals surface area contributed by atoms with Gasteiger partial charge in [-0.05, 0) is 38.0 Å². The Balaban J connectivity index is 2.30. The molecule has 0 aliphatic carbocycles. The van der Waals surface area contributed by atoms with Gasteiger partial charge in [-0.15, -0.1) is 0 Å². The zero-order valence-electron chi connectivity index (χ0n) is 12.6. The maximum atomic E-state index is 12.5. The molecule has 0 aliphatic heterocycles. The van der Waals surface area contributed by atoms with Gasteiger partial charge in [0.1, 0.15) is 0 Å². The summed E-state index contributed by atoms with van der Waals surface area (Å²) in [7, 11) is -3.39. The average Bonchev–Trinajstić information content (AvgIpc) is 2.37. The van der Waals surface area contributed by atoms with Gasteiger partial charge in [-0.1, -0.05) is 47.5 Å². The van der Waals surface area contributed by atoms with Gasteiger partial charge in [-0.3, -0.25) is 0 Å². The average molecular weight is 303 g/mol. The Kier molecular flexibility index (Phi) is 4.49. The lowest BCUT2D eigenvalue weighted by atomic mass is 10.0. The van der Waals surface area contributed by atoms with Crippen molar-refractivity contribution in [3.63, 3.8) is 0 Å². The molecule has 3 nitrogen and oxygen atoms in total. The molecule has 4 heteroatoms. The standard InChI is InChI=1S/C17H21NO2S/c1-12-8-13(2)10-15(9-12)16(18)11-21(19,20)17-7-5-4-6-14(17)3/h4-10,16H,11,18H2,1-3H3. The van der Waals surface area contributed by atoms with Crippen LogP contribution in [0.5, 0.6) is 0 Å². The van der Waals surface area contributed by atoms with Crippen molar-refractivity contribution in [2.75, 3.05) is 5.75 Å². The summed E-state index contributed by atoms with van der Waals surface area (Å²) in [5.41, 5.74) is 9.93. The van der Waals surface area contributed by atoms with Crippen molar-refractivity contribution in [1.82, 2.24) is 0 Å². The Labute approximate surface area is 126 Å². The van der Waals surface area contributed by atoms with Crippen LogP contribution in [0.25, 0.3) is 0 Å². The lowest BCUT2D eigenvalue weighted by molar-refractivity contribution is 0.588. The molecule has 0 fully saturated rings. The van der Waals surface area contributed by atoms with E-state index in [4.69, 9.17) is 5.73 Å². The molecule has 2 aromatic rings. The second-order valence-electron chi connectivity index (χ2n) is 5.57. The topological polar surface area (TPSA) is 60.2 Å². The fourth-order valence-electron chi connectivity index (χ4n) is 2.55. The van der Waals surface area contributed by atoms with Crippen molar-refractivity contribution in [3.05, 3.63) is 64.7 Å². The van der Waals surface area contributed by atoms with E-state index in [1.165, 1.54) is 0 Å². The molecule has 0 saturated heterocycles. The third-order valence-electron chi connectivity index (χ3n) is 3.50. The molecule has 0 bridgehead atoms. The smallest absolute Gasteiger partial charge is 0.180 e. The minimum absolute atomic E-state index is 0.0826. The minimum atomic E-state index is -3.39. The molecule has 2 aromatic carbocycles. The zero-order chi connectivity index (χ0) is 15.6. The predicted molar refractivity (Wildman–Crippen MR) is 86.1 cm³/mol. The molecular weight excluding hydrogens is 282 g/mol. The van der Waals surface area contributed by atoms with Crippen LogP contribution < -0.4 is 5.73 Å². The van der Waals surface area contributed by atoms with E-state index in [1.807, 2.05) is 38.1 Å². The van der Waals surface area contributed by atoms with E-state index in [1.54, 1.807) is 25.1 Å². The van der Waals surface area contributed by atoms with Crippen molar-refractivity contribution >= 4 is 9.84 Å². The summed E-state index contributed by atoms with van der Waals surface area (Å²) < 4.78 is 25.1. The predicted octanol–water partition coefficient (Wildman–Crippen LogP) is 3.09. The number of aryl methyl sites for hydroxylation is 3. The normalized spacial score (nSPS) is 13.1. The molecule has 0 saturated carbocycles. The summed E-state index contributed by atoms with van der Waals surface area (Å²) in [6.07, 6.45) is 0. The molecule has 0 heterocycles. The van der Waals surface area contributed by atoms with Gasteiger partial charge in [-0.2, -0.15) is 0 Å². The molecule has 1 atom stereocenters. The molecule has 0 spiro atoms. The van der Waals surface area contributed by atoms with Gasteiger partial charge in [0, 0.05) is 6.04 Å². The summed E-state index contributed by atoms with van der Waals surface area (Å²) >= 11 is 0. The maximum absolute atomic E-state index is 12.5. The fourth-order valence-corrected chi connectivity index (χ4v) is 4.24. The Morgan fingerprint density at radius 2 is 1.57 bits per heavy atom. The van der Waals surface area contributed by atoms with Crippen LogP contribution in [-0.4, -0.2) is 14.2 Å². The summed E-state index contributed by atoms with van der Waals surface area (Å²) in [5, 5.41) is 0. The maximum Gasteiger partial charge on any atom is 0.180 e. The number of hydrogen-bond acceptors (Lipinski definition) is 3. The summed E-state index contributed by atoms with van der Waals surface area (Å²) in [6.45, 7) is 5.77. The second-order valence-corrected chi connectivity index (χ2v) is 7.58. The number of benzene rings is 2. The molecule has 2 N–H and O–H groups in total. The fraction of sp³-hybridized carbons (Fsp3) is 0.294. The van der Waals surface area contributed by atoms with Crippen LogP contribution in [0.3, 0.4) is 0 Å². The number of hydrogen-bond donors (Lipinski definition) is 1. The van der Waals surface area contributed by atoms with Gasteiger partial charge < -0.3 is 5.73 Å². The molecule has 1 unspecified atom stereocenters. The van der Waals surface area contributed by atoms with E-state index in [9.17, 15) is 8.42 Å². The Morgan fingerprint density at radius 1 is 1.00 bits per heavy atom. The van der Waals surface area contributed by atoms with Crippen LogP contribution in [0.4, 0.5) is 0 Å². The lowest BCUT2D eigenvalue weighted by Gasteiger charge is -2.15. The van der Waals surface area contributed by atoms with E-state index >= 15 is 0 Å². The summed E-state index contributed by atoms with van der Waals surface area (Å²) in [6, 6.07) is 12.4. The number of rotatable bonds is 4. The molecule has 0 aromatic heterocycles. The molecule has 0 aliphatic rings. The van der Waals surface area contributed by atoms with Crippen molar-refractivity contribution in [2.24, 2.45) is 5.73 Å². The molecule has 0 amide bonds. The van der Waals surface area contributed by atoms with Crippen LogP contribution >= 0.6 is 0 Å². The summed E-state index contributed by atoms with van der Waals surface area (Å²) in [4.78, 5) is 0.366. The highest BCUT2D eigenvalue weighted by Gasteiger charge is 2.21. The Morgan fingerprint density at radius 3 is 2.14 bits per heavy atom. The highest BCUT2D eigenvalue weighted by molar-refractivity contribution is 7.91. The monoisotopic (exact) mass is 303 g/mol. The van der Waals surface area contributed by atoms with Crippen LogP contribution in [0.2, 0.25) is 0 Å². The highest BCUT2D eigenvalue weighted by Crippen LogP contribution is 2.22. The summed E-state index contributed by atoms with van der Waals surface area (Å²) in [5.74, 6) is -0.0826. The first kappa shape index (κ1) is 15.7. The molecule has 0 radical (unpaired) electrons. The van der Waals surface area contributed by atoms with Gasteiger partial charge >= 0.3 is 0 Å². The van der Waals surface area contributed by atoms with E-state index in [0.717, 1.165) is 22.3 Å². The van der Waals surface area contributed by atoms with Gasteiger partial charge in [0.2, 0.25) is 0 Å². The minimum Gasteiger partial charge on any atom is -0.323 e. The van der Waals surface area contributed by atoms with Gasteiger partial charge in [0.05, 0.1) is 10.6 Å². The third-order valence-corrected chi connectivity index (χ3v) is 5.43. The molecule has 21 heavy (non-hydrogen) atoms. The molecule has 2 rings (SSSR count). The first-order valence-electron chi connectivity index (χ1n) is 6.92. The number of nitrogens with two attached hydrogens (primary N) is 1. The first-order valence-corrected chi connectivity index (χ1v) is 8.57. The third kappa shape index (κ3) is 3.71. The Hall–Kier alpha value is -1.65. The van der Waals surface area contributed by atoms with Crippen LogP contribution in [0.15, 0.2) is 47.4 Å². The quantitative estimate of drug-likeness (QED) is 0.944. The van der Waals surface area contributed by atoms with E-state index in [-0.39, 0.29) is 5.75 Å². The van der Waals surface area contributed by atoms with Crippen molar-refractivity contribution in [3.8, 4) is 0 Å². The van der Waals surface area contributed by atoms with E-state index < -0.39 is 15.9 Å². The molecule has 112 valence electrons. The van der Waals surface area contributed by atoms with Gasteiger partial charge in [0.25, 0.3) is 0 Å². The van der Waals surface area contributed by atoms with E-state index in [2.05, 4.69) is 0 Å². The van der Waals surface area contributed by atoms with Gasteiger partial charge in [0.15, 0.2) is 9.84 Å². The first-order chi connectivity index (χ1) is 9.79. The van der Waals surface area contributed by atoms with Crippen molar-refractivity contribution in [2.45, 2.75) is 31.7 Å². The van der Waals surface area contributed by atoms with Crippen LogP contribution in [-0.2, 0) is 9.84 Å². The largest absolute Gasteiger partial charge is 0.323 e. The van der Waals surface area contributed by atoms with Crippen molar-refractivity contribution in [1.29, 1.82) is 0 Å². The molecular formula is C17H21NO2S. The zero-order valence-corrected chi connectivity index (χ0v) is 13.4. The van der Waals surface area contributed by atoms with E-state index in [0.29, 0.717) is 4.90 Å². The number of sulfone groups is 1.